The van der Waals surface area contributed by atoms with Crippen LogP contribution >= 0.6 is 0 Å². The molecule has 0 unspecified atom stereocenters. The number of hydrogen-bond acceptors (Lipinski definition) is 1. The Hall–Kier alpha value is -0.790. The van der Waals surface area contributed by atoms with Gasteiger partial charge in [0.2, 0.25) is 5.91 Å². The van der Waals surface area contributed by atoms with Crippen molar-refractivity contribution >= 4 is 5.91 Å². The summed E-state index contributed by atoms with van der Waals surface area (Å²) in [5.41, 5.74) is 1.12. The molecule has 0 bridgehead atoms. The lowest BCUT2D eigenvalue weighted by molar-refractivity contribution is -0.116. The van der Waals surface area contributed by atoms with E-state index in [0.717, 1.165) is 25.0 Å². The minimum Gasteiger partial charge on any atom is -0.353 e. The summed E-state index contributed by atoms with van der Waals surface area (Å²) in [5, 5.41) is 2.78. The Labute approximate surface area is 68.7 Å². The Morgan fingerprint density at radius 3 is 2.55 bits per heavy atom. The monoisotopic (exact) mass is 155 g/mol. The zero-order valence-corrected chi connectivity index (χ0v) is 7.61. The van der Waals surface area contributed by atoms with Crippen molar-refractivity contribution in [2.75, 3.05) is 6.54 Å². The fourth-order valence-electron chi connectivity index (χ4n) is 0.625. The second-order valence-electron chi connectivity index (χ2n) is 2.64. The first-order valence-electron chi connectivity index (χ1n) is 4.15. The van der Waals surface area contributed by atoms with E-state index in [9.17, 15) is 4.79 Å². The highest BCUT2D eigenvalue weighted by atomic mass is 16.1. The van der Waals surface area contributed by atoms with Crippen molar-refractivity contribution in [2.45, 2.75) is 33.6 Å². The fraction of sp³-hybridized carbons (Fsp3) is 0.667. The maximum absolute atomic E-state index is 11.0. The molecule has 1 N–H and O–H groups in total. The summed E-state index contributed by atoms with van der Waals surface area (Å²) in [4.78, 5) is 11.0. The summed E-state index contributed by atoms with van der Waals surface area (Å²) < 4.78 is 0. The Kier molecular flexibility index (Phi) is 5.53. The molecule has 11 heavy (non-hydrogen) atoms. The predicted octanol–water partition coefficient (Wildman–Crippen LogP) is 1.87. The van der Waals surface area contributed by atoms with Gasteiger partial charge in [-0.3, -0.25) is 4.79 Å². The Balaban J connectivity index is 3.67. The summed E-state index contributed by atoms with van der Waals surface area (Å²) in [7, 11) is 0. The van der Waals surface area contributed by atoms with Gasteiger partial charge in [-0.1, -0.05) is 19.4 Å². The number of hydrogen-bond donors (Lipinski definition) is 1. The van der Waals surface area contributed by atoms with Crippen LogP contribution in [0.5, 0.6) is 0 Å². The van der Waals surface area contributed by atoms with Gasteiger partial charge in [0, 0.05) is 12.6 Å². The van der Waals surface area contributed by atoms with E-state index in [1.165, 1.54) is 0 Å². The number of nitrogens with one attached hydrogen (secondary N) is 1. The van der Waals surface area contributed by atoms with Crippen LogP contribution in [0.1, 0.15) is 33.6 Å². The highest BCUT2D eigenvalue weighted by Gasteiger charge is 1.93. The molecule has 0 rings (SSSR count). The van der Waals surface area contributed by atoms with Crippen molar-refractivity contribution in [3.8, 4) is 0 Å². The minimum atomic E-state index is 0.0335. The molecule has 0 atom stereocenters. The topological polar surface area (TPSA) is 29.1 Å². The van der Waals surface area contributed by atoms with E-state index in [1.807, 2.05) is 20.8 Å². The second-order valence-corrected chi connectivity index (χ2v) is 2.64. The molecule has 0 aliphatic carbocycles. The Morgan fingerprint density at radius 1 is 1.45 bits per heavy atom. The van der Waals surface area contributed by atoms with Crippen molar-refractivity contribution in [1.82, 2.24) is 5.32 Å². The molecule has 0 aromatic rings. The molecule has 0 aliphatic rings. The van der Waals surface area contributed by atoms with E-state index in [-0.39, 0.29) is 5.91 Å². The van der Waals surface area contributed by atoms with E-state index in [4.69, 9.17) is 0 Å². The lowest BCUT2D eigenvalue weighted by atomic mass is 10.2. The second kappa shape index (κ2) is 5.96. The third-order valence-corrected chi connectivity index (χ3v) is 1.48. The third kappa shape index (κ3) is 5.64. The van der Waals surface area contributed by atoms with Crippen LogP contribution in [0, 0.1) is 0 Å². The third-order valence-electron chi connectivity index (χ3n) is 1.48. The first-order chi connectivity index (χ1) is 5.20. The molecule has 0 radical (unpaired) electrons. The van der Waals surface area contributed by atoms with Gasteiger partial charge in [-0.15, -0.1) is 0 Å². The molecule has 2 nitrogen and oxygen atoms in total. The normalized spacial score (nSPS) is 11.4. The van der Waals surface area contributed by atoms with Gasteiger partial charge >= 0.3 is 0 Å². The van der Waals surface area contributed by atoms with Crippen LogP contribution in [-0.4, -0.2) is 12.5 Å². The zero-order valence-electron chi connectivity index (χ0n) is 7.61. The molecule has 1 amide bonds. The standard InChI is InChI=1S/C9H17NO/c1-4-6-10-9(11)7-8(3)5-2/h7H,4-6H2,1-3H3,(H,10,11)/b8-7+. The molecular weight excluding hydrogens is 138 g/mol. The van der Waals surface area contributed by atoms with Crippen molar-refractivity contribution in [1.29, 1.82) is 0 Å². The smallest absolute Gasteiger partial charge is 0.243 e. The summed E-state index contributed by atoms with van der Waals surface area (Å²) >= 11 is 0. The SMILES string of the molecule is CCCNC(=O)/C=C(\C)CC. The molecule has 0 saturated heterocycles. The van der Waals surface area contributed by atoms with Crippen molar-refractivity contribution in [3.05, 3.63) is 11.6 Å². The summed E-state index contributed by atoms with van der Waals surface area (Å²) in [6.07, 6.45) is 3.60. The average molecular weight is 155 g/mol. The van der Waals surface area contributed by atoms with E-state index in [0.29, 0.717) is 0 Å². The van der Waals surface area contributed by atoms with Crippen LogP contribution < -0.4 is 5.32 Å². The first kappa shape index (κ1) is 10.2. The van der Waals surface area contributed by atoms with E-state index in [2.05, 4.69) is 5.32 Å². The summed E-state index contributed by atoms with van der Waals surface area (Å²) in [5.74, 6) is 0.0335. The lowest BCUT2D eigenvalue weighted by Crippen LogP contribution is -2.21. The molecule has 2 heteroatoms. The van der Waals surface area contributed by atoms with Gasteiger partial charge in [0.25, 0.3) is 0 Å². The molecule has 0 aromatic carbocycles. The summed E-state index contributed by atoms with van der Waals surface area (Å²) in [6, 6.07) is 0. The number of carbonyl (C=O) groups excluding carboxylic acids is 1. The van der Waals surface area contributed by atoms with Gasteiger partial charge in [0.15, 0.2) is 0 Å². The molecule has 0 spiro atoms. The Bertz CT molecular complexity index is 150. The minimum absolute atomic E-state index is 0.0335. The van der Waals surface area contributed by atoms with Crippen molar-refractivity contribution in [3.63, 3.8) is 0 Å². The van der Waals surface area contributed by atoms with Crippen LogP contribution in [0.25, 0.3) is 0 Å². The van der Waals surface area contributed by atoms with Crippen LogP contribution in [0.15, 0.2) is 11.6 Å². The van der Waals surface area contributed by atoms with Crippen LogP contribution in [0.4, 0.5) is 0 Å². The Morgan fingerprint density at radius 2 is 2.09 bits per heavy atom. The summed E-state index contributed by atoms with van der Waals surface area (Å²) in [6.45, 7) is 6.81. The maximum atomic E-state index is 11.0. The van der Waals surface area contributed by atoms with Crippen LogP contribution in [-0.2, 0) is 4.79 Å². The van der Waals surface area contributed by atoms with Crippen LogP contribution in [0.2, 0.25) is 0 Å². The van der Waals surface area contributed by atoms with Crippen molar-refractivity contribution in [2.24, 2.45) is 0 Å². The zero-order chi connectivity index (χ0) is 8.69. The van der Waals surface area contributed by atoms with Crippen molar-refractivity contribution < 1.29 is 4.79 Å². The first-order valence-corrected chi connectivity index (χ1v) is 4.15. The largest absolute Gasteiger partial charge is 0.353 e. The number of carbonyl (C=O) groups is 1. The lowest BCUT2D eigenvalue weighted by Gasteiger charge is -1.98. The highest BCUT2D eigenvalue weighted by molar-refractivity contribution is 5.88. The predicted molar refractivity (Wildman–Crippen MR) is 47.3 cm³/mol. The molecular formula is C9H17NO. The molecule has 0 aliphatic heterocycles. The van der Waals surface area contributed by atoms with Gasteiger partial charge < -0.3 is 5.32 Å². The van der Waals surface area contributed by atoms with Gasteiger partial charge in [0.05, 0.1) is 0 Å². The molecule has 0 fully saturated rings. The fourth-order valence-corrected chi connectivity index (χ4v) is 0.625. The van der Waals surface area contributed by atoms with E-state index >= 15 is 0 Å². The maximum Gasteiger partial charge on any atom is 0.243 e. The molecule has 0 aromatic heterocycles. The number of allylic oxidation sites excluding steroid dienone is 1. The number of amides is 1. The number of rotatable bonds is 4. The highest BCUT2D eigenvalue weighted by Crippen LogP contribution is 1.96. The quantitative estimate of drug-likeness (QED) is 0.617. The van der Waals surface area contributed by atoms with Gasteiger partial charge in [-0.05, 0) is 19.8 Å². The van der Waals surface area contributed by atoms with Gasteiger partial charge in [-0.2, -0.15) is 0 Å². The van der Waals surface area contributed by atoms with Crippen LogP contribution in [0.3, 0.4) is 0 Å². The van der Waals surface area contributed by atoms with Gasteiger partial charge in [0.1, 0.15) is 0 Å². The van der Waals surface area contributed by atoms with E-state index < -0.39 is 0 Å². The van der Waals surface area contributed by atoms with Gasteiger partial charge in [-0.25, -0.2) is 0 Å². The van der Waals surface area contributed by atoms with E-state index in [1.54, 1.807) is 6.08 Å². The molecule has 0 heterocycles. The molecule has 64 valence electrons. The average Bonchev–Trinajstić information content (AvgIpc) is 2.00. The molecule has 0 saturated carbocycles.